The number of nitrogens with one attached hydrogen (secondary N) is 1. The molecule has 1 aromatic carbocycles. The van der Waals surface area contributed by atoms with Gasteiger partial charge in [-0.05, 0) is 18.2 Å². The molecule has 0 radical (unpaired) electrons. The third kappa shape index (κ3) is 5.77. The highest BCUT2D eigenvalue weighted by Crippen LogP contribution is 2.28. The number of ether oxygens (including phenoxy) is 2. The second-order valence-electron chi connectivity index (χ2n) is 5.42. The largest absolute Gasteiger partial charge is 0.494 e. The summed E-state index contributed by atoms with van der Waals surface area (Å²) in [5, 5.41) is 20.9. The van der Waals surface area contributed by atoms with Crippen molar-refractivity contribution in [2.24, 2.45) is 0 Å². The fourth-order valence-corrected chi connectivity index (χ4v) is 2.16. The van der Waals surface area contributed by atoms with E-state index in [0.29, 0.717) is 5.82 Å². The van der Waals surface area contributed by atoms with Gasteiger partial charge in [-0.15, -0.1) is 10.2 Å². The number of aromatic nitrogens is 2. The lowest BCUT2D eigenvalue weighted by molar-refractivity contribution is -0.384. The van der Waals surface area contributed by atoms with E-state index in [1.807, 2.05) is 0 Å². The van der Waals surface area contributed by atoms with E-state index in [0.717, 1.165) is 0 Å². The zero-order valence-corrected chi connectivity index (χ0v) is 15.7. The maximum atomic E-state index is 12.0. The van der Waals surface area contributed by atoms with Crippen LogP contribution in [-0.4, -0.2) is 54.3 Å². The molecule has 1 aromatic heterocycles. The van der Waals surface area contributed by atoms with Crippen molar-refractivity contribution in [2.75, 3.05) is 37.5 Å². The first-order valence-electron chi connectivity index (χ1n) is 7.78. The van der Waals surface area contributed by atoms with Crippen LogP contribution in [0.3, 0.4) is 0 Å². The number of nitrogens with zero attached hydrogens (tertiary/aromatic N) is 4. The summed E-state index contributed by atoms with van der Waals surface area (Å²) in [6, 6.07) is 6.81. The van der Waals surface area contributed by atoms with Crippen LogP contribution in [0.4, 0.5) is 17.2 Å². The number of hydrogen-bond acceptors (Lipinski definition) is 9. The topological polar surface area (TPSA) is 137 Å². The van der Waals surface area contributed by atoms with Crippen LogP contribution in [0.2, 0.25) is 5.15 Å². The summed E-state index contributed by atoms with van der Waals surface area (Å²) >= 11 is 5.65. The van der Waals surface area contributed by atoms with E-state index < -0.39 is 23.4 Å². The van der Waals surface area contributed by atoms with Gasteiger partial charge in [-0.25, -0.2) is 0 Å². The molecule has 1 amide bonds. The van der Waals surface area contributed by atoms with Crippen LogP contribution >= 0.6 is 11.6 Å². The molecule has 12 heteroatoms. The van der Waals surface area contributed by atoms with E-state index in [1.54, 1.807) is 13.1 Å². The molecule has 0 aliphatic heterocycles. The monoisotopic (exact) mass is 409 g/mol. The van der Waals surface area contributed by atoms with Crippen molar-refractivity contribution in [3.05, 3.63) is 45.6 Å². The first kappa shape index (κ1) is 20.8. The van der Waals surface area contributed by atoms with Crippen molar-refractivity contribution >= 4 is 40.7 Å². The van der Waals surface area contributed by atoms with E-state index in [-0.39, 0.29) is 28.8 Å². The summed E-state index contributed by atoms with van der Waals surface area (Å²) in [7, 11) is 2.91. The first-order chi connectivity index (χ1) is 13.3. The van der Waals surface area contributed by atoms with Crippen LogP contribution in [0.1, 0.15) is 0 Å². The number of benzene rings is 1. The Labute approximate surface area is 164 Å². The van der Waals surface area contributed by atoms with Gasteiger partial charge in [0, 0.05) is 13.1 Å². The molecule has 0 aliphatic rings. The number of hydrogen-bond donors (Lipinski definition) is 1. The molecule has 1 heterocycles. The van der Waals surface area contributed by atoms with E-state index in [2.05, 4.69) is 15.5 Å². The molecule has 1 N–H and O–H groups in total. The van der Waals surface area contributed by atoms with Crippen LogP contribution < -0.4 is 15.0 Å². The average Bonchev–Trinajstić information content (AvgIpc) is 2.67. The molecule has 0 atom stereocenters. The molecule has 0 aliphatic carbocycles. The van der Waals surface area contributed by atoms with E-state index in [4.69, 9.17) is 21.1 Å². The van der Waals surface area contributed by atoms with Gasteiger partial charge in [0.25, 0.3) is 11.6 Å². The fraction of sp³-hybridized carbons (Fsp3) is 0.250. The predicted molar refractivity (Wildman–Crippen MR) is 99.5 cm³/mol. The second-order valence-corrected chi connectivity index (χ2v) is 5.81. The van der Waals surface area contributed by atoms with Gasteiger partial charge >= 0.3 is 5.97 Å². The molecule has 11 nitrogen and oxygen atoms in total. The van der Waals surface area contributed by atoms with Crippen LogP contribution in [-0.2, 0) is 14.3 Å². The third-order valence-corrected chi connectivity index (χ3v) is 3.61. The molecule has 0 bridgehead atoms. The zero-order chi connectivity index (χ0) is 20.7. The number of nitro benzene ring substituents is 1. The highest BCUT2D eigenvalue weighted by atomic mass is 35.5. The maximum absolute atomic E-state index is 12.0. The van der Waals surface area contributed by atoms with Crippen LogP contribution in [0.5, 0.6) is 5.75 Å². The van der Waals surface area contributed by atoms with Crippen molar-refractivity contribution in [1.82, 2.24) is 10.2 Å². The summed E-state index contributed by atoms with van der Waals surface area (Å²) in [5.41, 5.74) is 0.0253. The summed E-state index contributed by atoms with van der Waals surface area (Å²) in [6.45, 7) is -0.705. The van der Waals surface area contributed by atoms with Gasteiger partial charge in [0.05, 0.1) is 23.8 Å². The lowest BCUT2D eigenvalue weighted by Gasteiger charge is -2.16. The fourth-order valence-electron chi connectivity index (χ4n) is 2.06. The van der Waals surface area contributed by atoms with E-state index in [1.165, 1.54) is 36.3 Å². The average molecular weight is 410 g/mol. The Balaban J connectivity index is 1.87. The third-order valence-electron chi connectivity index (χ3n) is 3.41. The van der Waals surface area contributed by atoms with Gasteiger partial charge in [-0.2, -0.15) is 0 Å². The number of amides is 1. The van der Waals surface area contributed by atoms with Crippen molar-refractivity contribution in [1.29, 1.82) is 0 Å². The molecule has 0 saturated carbocycles. The number of non-ortho nitro benzene ring substituents is 1. The lowest BCUT2D eigenvalue weighted by Crippen LogP contribution is -2.30. The Kier molecular flexibility index (Phi) is 7.04. The number of anilines is 2. The second kappa shape index (κ2) is 9.46. The molecular weight excluding hydrogens is 394 g/mol. The first-order valence-corrected chi connectivity index (χ1v) is 8.16. The number of halogens is 1. The SMILES string of the molecule is COc1cc([N+](=O)[O-])ccc1NC(=O)COC(=O)CN(C)c1ccc(Cl)nn1. The summed E-state index contributed by atoms with van der Waals surface area (Å²) in [4.78, 5) is 35.5. The van der Waals surface area contributed by atoms with Gasteiger partial charge in [-0.1, -0.05) is 11.6 Å². The van der Waals surface area contributed by atoms with Crippen LogP contribution in [0.25, 0.3) is 0 Å². The number of methoxy groups -OCH3 is 1. The number of carbonyl (C=O) groups excluding carboxylic acids is 2. The van der Waals surface area contributed by atoms with Gasteiger partial charge in [0.1, 0.15) is 12.3 Å². The van der Waals surface area contributed by atoms with Crippen LogP contribution in [0, 0.1) is 10.1 Å². The maximum Gasteiger partial charge on any atom is 0.326 e. The number of rotatable bonds is 8. The van der Waals surface area contributed by atoms with Gasteiger partial charge in [-0.3, -0.25) is 19.7 Å². The molecule has 28 heavy (non-hydrogen) atoms. The molecule has 2 rings (SSSR count). The van der Waals surface area contributed by atoms with Crippen molar-refractivity contribution < 1.29 is 24.0 Å². The number of nitro groups is 1. The molecular formula is C16H16ClN5O6. The van der Waals surface area contributed by atoms with Gasteiger partial charge in [0.2, 0.25) is 0 Å². The Morgan fingerprint density at radius 1 is 1.29 bits per heavy atom. The molecule has 0 fully saturated rings. The van der Waals surface area contributed by atoms with Crippen molar-refractivity contribution in [2.45, 2.75) is 0 Å². The normalized spacial score (nSPS) is 10.1. The smallest absolute Gasteiger partial charge is 0.326 e. The molecule has 0 spiro atoms. The highest BCUT2D eigenvalue weighted by molar-refractivity contribution is 6.29. The summed E-state index contributed by atoms with van der Waals surface area (Å²) in [6.07, 6.45) is 0. The molecule has 0 saturated heterocycles. The quantitative estimate of drug-likeness (QED) is 0.392. The minimum Gasteiger partial charge on any atom is -0.494 e. The summed E-state index contributed by atoms with van der Waals surface area (Å²) in [5.74, 6) is -0.782. The van der Waals surface area contributed by atoms with Crippen molar-refractivity contribution in [3.8, 4) is 5.75 Å². The van der Waals surface area contributed by atoms with E-state index in [9.17, 15) is 19.7 Å². The predicted octanol–water partition coefficient (Wildman–Crippen LogP) is 1.66. The van der Waals surface area contributed by atoms with Gasteiger partial charge in [0.15, 0.2) is 17.6 Å². The van der Waals surface area contributed by atoms with Crippen molar-refractivity contribution in [3.63, 3.8) is 0 Å². The molecule has 2 aromatic rings. The molecule has 148 valence electrons. The number of carbonyl (C=O) groups is 2. The Morgan fingerprint density at radius 3 is 2.64 bits per heavy atom. The van der Waals surface area contributed by atoms with Crippen LogP contribution in [0.15, 0.2) is 30.3 Å². The highest BCUT2D eigenvalue weighted by Gasteiger charge is 2.15. The zero-order valence-electron chi connectivity index (χ0n) is 14.9. The Bertz CT molecular complexity index is 876. The number of likely N-dealkylation sites (N-methyl/N-ethyl adjacent to an activating group) is 1. The summed E-state index contributed by atoms with van der Waals surface area (Å²) < 4.78 is 9.93. The molecule has 0 unspecified atom stereocenters. The standard InChI is InChI=1S/C16H16ClN5O6/c1-21(14-6-5-13(17)19-20-14)8-16(24)28-9-15(23)18-11-4-3-10(22(25)26)7-12(11)27-2/h3-7H,8-9H2,1-2H3,(H,18,23). The minimum absolute atomic E-state index is 0.106. The number of esters is 1. The lowest BCUT2D eigenvalue weighted by atomic mass is 10.2. The Morgan fingerprint density at radius 2 is 2.04 bits per heavy atom. The minimum atomic E-state index is -0.662. The Hall–Kier alpha value is -3.47. The van der Waals surface area contributed by atoms with Gasteiger partial charge < -0.3 is 19.7 Å². The van der Waals surface area contributed by atoms with E-state index >= 15 is 0 Å².